The first-order valence-electron chi connectivity index (χ1n) is 8.80. The number of ether oxygens (including phenoxy) is 2. The lowest BCUT2D eigenvalue weighted by Crippen LogP contribution is -2.41. The average molecular weight is 324 g/mol. The Balaban J connectivity index is 1.73. The molecule has 3 nitrogen and oxygen atoms in total. The predicted octanol–water partition coefficient (Wildman–Crippen LogP) is 4.46. The summed E-state index contributed by atoms with van der Waals surface area (Å²) >= 11 is 0. The molecule has 1 aromatic rings. The Morgan fingerprint density at radius 3 is 2.88 bits per heavy atom. The van der Waals surface area contributed by atoms with Gasteiger partial charge in [-0.25, -0.2) is 0 Å². The Morgan fingerprint density at radius 2 is 2.12 bits per heavy atom. The topological polar surface area (TPSA) is 35.5 Å². The third kappa shape index (κ3) is 2.21. The molecular formula is C21H24O3. The van der Waals surface area contributed by atoms with Gasteiger partial charge in [0.15, 0.2) is 0 Å². The van der Waals surface area contributed by atoms with Gasteiger partial charge in [-0.15, -0.1) is 0 Å². The van der Waals surface area contributed by atoms with Crippen LogP contribution in [-0.4, -0.2) is 19.2 Å². The molecule has 24 heavy (non-hydrogen) atoms. The number of benzene rings is 1. The van der Waals surface area contributed by atoms with Gasteiger partial charge in [0.05, 0.1) is 7.11 Å². The Morgan fingerprint density at radius 1 is 1.29 bits per heavy atom. The summed E-state index contributed by atoms with van der Waals surface area (Å²) < 4.78 is 11.1. The summed E-state index contributed by atoms with van der Waals surface area (Å²) in [5.74, 6) is 0.758. The van der Waals surface area contributed by atoms with Crippen molar-refractivity contribution in [3.8, 4) is 5.75 Å². The zero-order valence-electron chi connectivity index (χ0n) is 14.6. The Labute approximate surface area is 143 Å². The van der Waals surface area contributed by atoms with E-state index in [1.165, 1.54) is 34.8 Å². The van der Waals surface area contributed by atoms with Crippen LogP contribution in [0.2, 0.25) is 0 Å². The fourth-order valence-electron chi connectivity index (χ4n) is 4.78. The molecule has 4 rings (SSSR count). The van der Waals surface area contributed by atoms with E-state index in [4.69, 9.17) is 9.47 Å². The number of allylic oxidation sites excluding steroid dienone is 3. The van der Waals surface area contributed by atoms with Crippen molar-refractivity contribution >= 4 is 11.5 Å². The van der Waals surface area contributed by atoms with Crippen molar-refractivity contribution in [3.63, 3.8) is 0 Å². The third-order valence-electron chi connectivity index (χ3n) is 6.00. The second kappa shape index (κ2) is 5.51. The van der Waals surface area contributed by atoms with Gasteiger partial charge in [-0.2, -0.15) is 0 Å². The number of esters is 1. The fourth-order valence-corrected chi connectivity index (χ4v) is 4.78. The van der Waals surface area contributed by atoms with E-state index in [-0.39, 0.29) is 17.5 Å². The van der Waals surface area contributed by atoms with Crippen molar-refractivity contribution in [2.24, 2.45) is 5.41 Å². The highest BCUT2D eigenvalue weighted by atomic mass is 16.5. The van der Waals surface area contributed by atoms with E-state index in [2.05, 4.69) is 31.2 Å². The summed E-state index contributed by atoms with van der Waals surface area (Å²) in [7, 11) is 1.72. The van der Waals surface area contributed by atoms with E-state index in [1.54, 1.807) is 7.11 Å². The summed E-state index contributed by atoms with van der Waals surface area (Å²) in [6.07, 6.45) is 7.37. The molecule has 0 amide bonds. The van der Waals surface area contributed by atoms with Crippen molar-refractivity contribution in [1.29, 1.82) is 0 Å². The minimum Gasteiger partial charge on any atom is -0.497 e. The molecule has 1 aromatic carbocycles. The number of hydrogen-bond acceptors (Lipinski definition) is 3. The second-order valence-corrected chi connectivity index (χ2v) is 7.37. The number of carbonyl (C=O) groups excluding carboxylic acids is 1. The molecular weight excluding hydrogens is 300 g/mol. The molecule has 2 unspecified atom stereocenters. The molecule has 3 heteroatoms. The lowest BCUT2D eigenvalue weighted by atomic mass is 9.62. The molecule has 3 aliphatic carbocycles. The van der Waals surface area contributed by atoms with Crippen LogP contribution in [0.5, 0.6) is 5.75 Å². The quantitative estimate of drug-likeness (QED) is 0.754. The van der Waals surface area contributed by atoms with Crippen molar-refractivity contribution in [1.82, 2.24) is 0 Å². The minimum absolute atomic E-state index is 0.00213. The van der Waals surface area contributed by atoms with Gasteiger partial charge in [0.1, 0.15) is 11.9 Å². The highest BCUT2D eigenvalue weighted by Crippen LogP contribution is 2.55. The zero-order chi connectivity index (χ0) is 16.9. The van der Waals surface area contributed by atoms with Gasteiger partial charge in [0.2, 0.25) is 0 Å². The summed E-state index contributed by atoms with van der Waals surface area (Å²) in [5.41, 5.74) is 7.05. The maximum Gasteiger partial charge on any atom is 0.302 e. The van der Waals surface area contributed by atoms with E-state index in [9.17, 15) is 4.79 Å². The van der Waals surface area contributed by atoms with Crippen molar-refractivity contribution in [2.45, 2.75) is 52.1 Å². The standard InChI is InChI=1S/C21H24O3/c1-13(22)24-20-6-4-5-19-18-12-14-11-15(23-3)7-8-16(14)17(18)9-10-21(19,20)2/h5,7-8,11,20H,4,6,9-10,12H2,1-3H3. The number of carbonyl (C=O) groups is 1. The van der Waals surface area contributed by atoms with Gasteiger partial charge in [0.25, 0.3) is 0 Å². The predicted molar refractivity (Wildman–Crippen MR) is 93.8 cm³/mol. The maximum atomic E-state index is 11.5. The highest BCUT2D eigenvalue weighted by molar-refractivity contribution is 5.82. The van der Waals surface area contributed by atoms with Crippen LogP contribution in [0.25, 0.3) is 5.57 Å². The van der Waals surface area contributed by atoms with E-state index in [1.807, 2.05) is 0 Å². The molecule has 0 aliphatic heterocycles. The monoisotopic (exact) mass is 324 g/mol. The van der Waals surface area contributed by atoms with Crippen LogP contribution >= 0.6 is 0 Å². The number of fused-ring (bicyclic) bond motifs is 4. The molecule has 0 bridgehead atoms. The summed E-state index contributed by atoms with van der Waals surface area (Å²) in [5, 5.41) is 0. The fraction of sp³-hybridized carbons (Fsp3) is 0.476. The normalized spacial score (nSPS) is 27.8. The van der Waals surface area contributed by atoms with Crippen molar-refractivity contribution < 1.29 is 14.3 Å². The lowest BCUT2D eigenvalue weighted by Gasteiger charge is -2.45. The SMILES string of the molecule is COc1ccc2c(c1)CC1=C2CCC2(C)C1=CCCC2OC(C)=O. The maximum absolute atomic E-state index is 11.5. The van der Waals surface area contributed by atoms with Crippen LogP contribution in [-0.2, 0) is 16.0 Å². The summed E-state index contributed by atoms with van der Waals surface area (Å²) in [4.78, 5) is 11.5. The number of hydrogen-bond donors (Lipinski definition) is 0. The average Bonchev–Trinajstić information content (AvgIpc) is 2.92. The van der Waals surface area contributed by atoms with E-state index in [0.29, 0.717) is 0 Å². The van der Waals surface area contributed by atoms with Gasteiger partial charge in [-0.3, -0.25) is 4.79 Å². The molecule has 0 aromatic heterocycles. The molecule has 126 valence electrons. The minimum atomic E-state index is -0.165. The van der Waals surface area contributed by atoms with Crippen LogP contribution in [0, 0.1) is 5.41 Å². The van der Waals surface area contributed by atoms with Gasteiger partial charge in [0, 0.05) is 12.3 Å². The molecule has 3 aliphatic rings. The zero-order valence-corrected chi connectivity index (χ0v) is 14.6. The smallest absolute Gasteiger partial charge is 0.302 e. The first-order chi connectivity index (χ1) is 11.5. The molecule has 2 atom stereocenters. The first kappa shape index (κ1) is 15.5. The van der Waals surface area contributed by atoms with E-state index < -0.39 is 0 Å². The van der Waals surface area contributed by atoms with Gasteiger partial charge in [-0.1, -0.05) is 19.1 Å². The first-order valence-corrected chi connectivity index (χ1v) is 8.80. The number of methoxy groups -OCH3 is 1. The van der Waals surface area contributed by atoms with Crippen LogP contribution in [0.15, 0.2) is 35.4 Å². The van der Waals surface area contributed by atoms with Crippen molar-refractivity contribution in [3.05, 3.63) is 46.5 Å². The van der Waals surface area contributed by atoms with E-state index >= 15 is 0 Å². The molecule has 0 spiro atoms. The second-order valence-electron chi connectivity index (χ2n) is 7.37. The van der Waals surface area contributed by atoms with Gasteiger partial charge in [-0.05, 0) is 72.1 Å². The van der Waals surface area contributed by atoms with Crippen LogP contribution in [0.3, 0.4) is 0 Å². The van der Waals surface area contributed by atoms with E-state index in [0.717, 1.165) is 37.9 Å². The molecule has 0 saturated heterocycles. The largest absolute Gasteiger partial charge is 0.497 e. The molecule has 0 N–H and O–H groups in total. The van der Waals surface area contributed by atoms with Crippen molar-refractivity contribution in [2.75, 3.05) is 7.11 Å². The highest BCUT2D eigenvalue weighted by Gasteiger charge is 2.47. The molecule has 0 radical (unpaired) electrons. The molecule has 0 fully saturated rings. The summed E-state index contributed by atoms with van der Waals surface area (Å²) in [6, 6.07) is 6.42. The Hall–Kier alpha value is -2.03. The molecule has 0 saturated carbocycles. The number of rotatable bonds is 2. The lowest BCUT2D eigenvalue weighted by molar-refractivity contribution is -0.152. The summed E-state index contributed by atoms with van der Waals surface area (Å²) in [6.45, 7) is 3.80. The van der Waals surface area contributed by atoms with Crippen LogP contribution in [0.4, 0.5) is 0 Å². The molecule has 0 heterocycles. The Kier molecular flexibility index (Phi) is 3.56. The van der Waals surface area contributed by atoms with Gasteiger partial charge >= 0.3 is 5.97 Å². The van der Waals surface area contributed by atoms with Crippen LogP contribution < -0.4 is 4.74 Å². The van der Waals surface area contributed by atoms with Crippen LogP contribution in [0.1, 0.15) is 50.7 Å². The Bertz CT molecular complexity index is 771. The van der Waals surface area contributed by atoms with Gasteiger partial charge < -0.3 is 9.47 Å². The third-order valence-corrected chi connectivity index (χ3v) is 6.00.